The smallest absolute Gasteiger partial charge is 0.239 e. The van der Waals surface area contributed by atoms with Gasteiger partial charge in [0.2, 0.25) is 11.8 Å². The molecule has 1 unspecified atom stereocenters. The van der Waals surface area contributed by atoms with E-state index in [0.717, 1.165) is 43.1 Å². The van der Waals surface area contributed by atoms with Crippen LogP contribution in [0.1, 0.15) is 24.4 Å². The molecule has 2 aromatic heterocycles. The van der Waals surface area contributed by atoms with Crippen molar-refractivity contribution in [2.75, 3.05) is 31.5 Å². The van der Waals surface area contributed by atoms with Crippen molar-refractivity contribution in [3.63, 3.8) is 0 Å². The summed E-state index contributed by atoms with van der Waals surface area (Å²) in [6.07, 6.45) is 7.40. The van der Waals surface area contributed by atoms with Crippen LogP contribution in [0.4, 0.5) is 5.69 Å². The van der Waals surface area contributed by atoms with Crippen LogP contribution in [0.5, 0.6) is 0 Å². The van der Waals surface area contributed by atoms with E-state index in [4.69, 9.17) is 0 Å². The van der Waals surface area contributed by atoms with E-state index in [1.807, 2.05) is 31.7 Å². The molecule has 0 aromatic carbocycles. The molecule has 3 heterocycles. The molecule has 1 fully saturated rings. The summed E-state index contributed by atoms with van der Waals surface area (Å²) >= 11 is 0. The molecule has 1 aliphatic rings. The number of imidazole rings is 1. The first-order valence-electron chi connectivity index (χ1n) is 9.67. The molecule has 0 bridgehead atoms. The Bertz CT molecular complexity index is 826. The first-order valence-corrected chi connectivity index (χ1v) is 9.67. The quantitative estimate of drug-likeness (QED) is 0.729. The van der Waals surface area contributed by atoms with Crippen LogP contribution in [0.3, 0.4) is 0 Å². The summed E-state index contributed by atoms with van der Waals surface area (Å²) in [7, 11) is 1.83. The second-order valence-electron chi connectivity index (χ2n) is 7.50. The molecule has 9 nitrogen and oxygen atoms in total. The van der Waals surface area contributed by atoms with Crippen molar-refractivity contribution >= 4 is 17.5 Å². The van der Waals surface area contributed by atoms with Gasteiger partial charge in [-0.25, -0.2) is 4.98 Å². The zero-order valence-electron chi connectivity index (χ0n) is 16.8. The third-order valence-corrected chi connectivity index (χ3v) is 5.08. The summed E-state index contributed by atoms with van der Waals surface area (Å²) in [4.78, 5) is 30.8. The van der Waals surface area contributed by atoms with Gasteiger partial charge in [0.05, 0.1) is 17.9 Å². The maximum atomic E-state index is 12.4. The highest BCUT2D eigenvalue weighted by Gasteiger charge is 2.22. The number of carbonyl (C=O) groups excluding carboxylic acids is 2. The lowest BCUT2D eigenvalue weighted by molar-refractivity contribution is -0.122. The molecule has 2 N–H and O–H groups in total. The van der Waals surface area contributed by atoms with E-state index in [1.54, 1.807) is 17.1 Å². The number of amides is 2. The summed E-state index contributed by atoms with van der Waals surface area (Å²) in [5, 5.41) is 10.2. The molecule has 1 saturated heterocycles. The molecule has 0 aliphatic carbocycles. The number of likely N-dealkylation sites (tertiary alicyclic amines) is 1. The summed E-state index contributed by atoms with van der Waals surface area (Å²) in [5.74, 6) is 1.14. The van der Waals surface area contributed by atoms with Gasteiger partial charge in [0.25, 0.3) is 0 Å². The SMILES string of the molecule is Cc1nn(C)cc1NC(=O)CN1CCCC(CNC(=O)Cn2ccnc2C)C1. The maximum absolute atomic E-state index is 12.4. The highest BCUT2D eigenvalue weighted by molar-refractivity contribution is 5.92. The number of aryl methyl sites for hydroxylation is 3. The third-order valence-electron chi connectivity index (χ3n) is 5.08. The highest BCUT2D eigenvalue weighted by atomic mass is 16.2. The van der Waals surface area contributed by atoms with Crippen molar-refractivity contribution in [2.45, 2.75) is 33.2 Å². The van der Waals surface area contributed by atoms with E-state index in [-0.39, 0.29) is 18.4 Å². The van der Waals surface area contributed by atoms with Crippen LogP contribution in [0.15, 0.2) is 18.6 Å². The second kappa shape index (κ2) is 9.01. The minimum absolute atomic E-state index is 0.0111. The van der Waals surface area contributed by atoms with Gasteiger partial charge in [0.1, 0.15) is 12.4 Å². The van der Waals surface area contributed by atoms with Crippen LogP contribution >= 0.6 is 0 Å². The average molecular weight is 387 g/mol. The van der Waals surface area contributed by atoms with Crippen LogP contribution in [0.2, 0.25) is 0 Å². The molecule has 2 aromatic rings. The van der Waals surface area contributed by atoms with E-state index in [1.165, 1.54) is 0 Å². The Morgan fingerprint density at radius 3 is 2.75 bits per heavy atom. The van der Waals surface area contributed by atoms with E-state index in [0.29, 0.717) is 19.0 Å². The fourth-order valence-corrected chi connectivity index (χ4v) is 3.62. The van der Waals surface area contributed by atoms with Gasteiger partial charge < -0.3 is 15.2 Å². The van der Waals surface area contributed by atoms with Gasteiger partial charge in [-0.15, -0.1) is 0 Å². The Kier molecular flexibility index (Phi) is 6.45. The predicted octanol–water partition coefficient (Wildman–Crippen LogP) is 0.700. The van der Waals surface area contributed by atoms with Crippen LogP contribution in [-0.2, 0) is 23.2 Å². The van der Waals surface area contributed by atoms with Crippen LogP contribution < -0.4 is 10.6 Å². The molecule has 0 radical (unpaired) electrons. The van der Waals surface area contributed by atoms with Crippen molar-refractivity contribution < 1.29 is 9.59 Å². The molecular formula is C19H29N7O2. The normalized spacial score (nSPS) is 17.5. The Morgan fingerprint density at radius 2 is 2.07 bits per heavy atom. The molecule has 1 aliphatic heterocycles. The fourth-order valence-electron chi connectivity index (χ4n) is 3.62. The van der Waals surface area contributed by atoms with E-state index in [2.05, 4.69) is 25.6 Å². The van der Waals surface area contributed by atoms with Crippen molar-refractivity contribution in [2.24, 2.45) is 13.0 Å². The predicted molar refractivity (Wildman–Crippen MR) is 106 cm³/mol. The molecular weight excluding hydrogens is 358 g/mol. The van der Waals surface area contributed by atoms with Crippen molar-refractivity contribution in [3.8, 4) is 0 Å². The van der Waals surface area contributed by atoms with Gasteiger partial charge in [0, 0.05) is 38.7 Å². The molecule has 3 rings (SSSR count). The molecule has 0 spiro atoms. The zero-order chi connectivity index (χ0) is 20.1. The lowest BCUT2D eigenvalue weighted by Gasteiger charge is -2.32. The summed E-state index contributed by atoms with van der Waals surface area (Å²) in [6.45, 7) is 6.74. The van der Waals surface area contributed by atoms with Crippen LogP contribution in [0, 0.1) is 19.8 Å². The minimum atomic E-state index is -0.0311. The van der Waals surface area contributed by atoms with Gasteiger partial charge in [-0.3, -0.25) is 19.2 Å². The first kappa shape index (κ1) is 20.1. The number of hydrogen-bond donors (Lipinski definition) is 2. The lowest BCUT2D eigenvalue weighted by atomic mass is 9.98. The Labute approximate surface area is 165 Å². The molecule has 28 heavy (non-hydrogen) atoms. The number of rotatable bonds is 7. The highest BCUT2D eigenvalue weighted by Crippen LogP contribution is 2.16. The summed E-state index contributed by atoms with van der Waals surface area (Å²) < 4.78 is 3.52. The zero-order valence-corrected chi connectivity index (χ0v) is 16.8. The standard InChI is InChI=1S/C19H29N7O2/c1-14-17(11-24(3)23-14)22-19(28)12-25-7-4-5-16(10-25)9-21-18(27)13-26-8-6-20-15(26)2/h6,8,11,16H,4-5,7,9-10,12-13H2,1-3H3,(H,21,27)(H,22,28). The topological polar surface area (TPSA) is 97.1 Å². The molecule has 2 amide bonds. The maximum Gasteiger partial charge on any atom is 0.239 e. The minimum Gasteiger partial charge on any atom is -0.354 e. The molecule has 9 heteroatoms. The van der Waals surface area contributed by atoms with Gasteiger partial charge >= 0.3 is 0 Å². The number of hydrogen-bond acceptors (Lipinski definition) is 5. The Morgan fingerprint density at radius 1 is 1.25 bits per heavy atom. The van der Waals surface area contributed by atoms with Crippen molar-refractivity contribution in [3.05, 3.63) is 30.1 Å². The van der Waals surface area contributed by atoms with E-state index >= 15 is 0 Å². The summed E-state index contributed by atoms with van der Waals surface area (Å²) in [6, 6.07) is 0. The number of carbonyl (C=O) groups is 2. The first-order chi connectivity index (χ1) is 13.4. The number of nitrogens with one attached hydrogen (secondary N) is 2. The van der Waals surface area contributed by atoms with Crippen molar-refractivity contribution in [1.82, 2.24) is 29.5 Å². The second-order valence-corrected chi connectivity index (χ2v) is 7.50. The summed E-state index contributed by atoms with van der Waals surface area (Å²) in [5.41, 5.74) is 1.56. The van der Waals surface area contributed by atoms with E-state index < -0.39 is 0 Å². The van der Waals surface area contributed by atoms with Crippen molar-refractivity contribution in [1.29, 1.82) is 0 Å². The van der Waals surface area contributed by atoms with Crippen LogP contribution in [0.25, 0.3) is 0 Å². The van der Waals surface area contributed by atoms with Gasteiger partial charge in [0.15, 0.2) is 0 Å². The molecule has 152 valence electrons. The molecule has 1 atom stereocenters. The Balaban J connectivity index is 1.42. The average Bonchev–Trinajstić information content (AvgIpc) is 3.18. The number of piperidine rings is 1. The number of nitrogens with zero attached hydrogens (tertiary/aromatic N) is 5. The third kappa shape index (κ3) is 5.41. The fraction of sp³-hybridized carbons (Fsp3) is 0.579. The number of anilines is 1. The van der Waals surface area contributed by atoms with Gasteiger partial charge in [-0.05, 0) is 39.2 Å². The monoisotopic (exact) mass is 387 g/mol. The lowest BCUT2D eigenvalue weighted by Crippen LogP contribution is -2.44. The molecule has 0 saturated carbocycles. The van der Waals surface area contributed by atoms with E-state index in [9.17, 15) is 9.59 Å². The number of aromatic nitrogens is 4. The van der Waals surface area contributed by atoms with Gasteiger partial charge in [-0.1, -0.05) is 0 Å². The largest absolute Gasteiger partial charge is 0.354 e. The Hall–Kier alpha value is -2.68. The van der Waals surface area contributed by atoms with Crippen LogP contribution in [-0.4, -0.2) is 62.2 Å². The van der Waals surface area contributed by atoms with Gasteiger partial charge in [-0.2, -0.15) is 5.10 Å².